The number of hydrogen-bond acceptors (Lipinski definition) is 4. The quantitative estimate of drug-likeness (QED) is 0.314. The minimum atomic E-state index is -0.561. The van der Waals surface area contributed by atoms with Gasteiger partial charge in [-0.1, -0.05) is 5.92 Å². The molecule has 76 valence electrons. The van der Waals surface area contributed by atoms with Crippen molar-refractivity contribution in [3.63, 3.8) is 0 Å². The van der Waals surface area contributed by atoms with Gasteiger partial charge in [0, 0.05) is 12.1 Å². The van der Waals surface area contributed by atoms with E-state index < -0.39 is 4.92 Å². The average Bonchev–Trinajstić information content (AvgIpc) is 2.25. The maximum absolute atomic E-state index is 10.6. The zero-order valence-electron chi connectivity index (χ0n) is 7.89. The molecule has 0 bridgehead atoms. The van der Waals surface area contributed by atoms with Gasteiger partial charge in [-0.3, -0.25) is 14.9 Å². The molecular weight excluding hydrogens is 198 g/mol. The summed E-state index contributed by atoms with van der Waals surface area (Å²) in [5.74, 6) is 4.95. The summed E-state index contributed by atoms with van der Waals surface area (Å²) in [6, 6.07) is 4.16. The summed E-state index contributed by atoms with van der Waals surface area (Å²) in [5, 5.41) is 10.6. The lowest BCUT2D eigenvalue weighted by molar-refractivity contribution is -0.385. The normalized spacial score (nSPS) is 8.60. The van der Waals surface area contributed by atoms with Crippen LogP contribution in [0.4, 0.5) is 5.69 Å². The van der Waals surface area contributed by atoms with Crippen molar-refractivity contribution in [2.45, 2.75) is 0 Å². The largest absolute Gasteiger partial charge is 0.497 e. The summed E-state index contributed by atoms with van der Waals surface area (Å²) in [6.07, 6.45) is 0.378. The Morgan fingerprint density at radius 2 is 2.27 bits per heavy atom. The van der Waals surface area contributed by atoms with E-state index in [1.54, 1.807) is 0 Å². The predicted octanol–water partition coefficient (Wildman–Crippen LogP) is 1.15. The number of hydrogen-bond donors (Lipinski definition) is 0. The van der Waals surface area contributed by atoms with E-state index in [0.29, 0.717) is 12.0 Å². The van der Waals surface area contributed by atoms with Crippen LogP contribution in [0.15, 0.2) is 18.2 Å². The van der Waals surface area contributed by atoms with Crippen molar-refractivity contribution >= 4 is 12.0 Å². The van der Waals surface area contributed by atoms with Crippen LogP contribution >= 0.6 is 0 Å². The summed E-state index contributed by atoms with van der Waals surface area (Å²) >= 11 is 0. The van der Waals surface area contributed by atoms with Crippen molar-refractivity contribution in [3.8, 4) is 17.6 Å². The van der Waals surface area contributed by atoms with E-state index in [0.717, 1.165) is 0 Å². The van der Waals surface area contributed by atoms with Crippen LogP contribution in [0.25, 0.3) is 0 Å². The maximum atomic E-state index is 10.6. The number of methoxy groups -OCH3 is 1. The standard InChI is InChI=1S/C10H7NO4/c1-15-9-4-5-10(11(13)14)8(7-9)3-2-6-12/h4-7H,1H3. The lowest BCUT2D eigenvalue weighted by atomic mass is 10.2. The molecule has 1 rings (SSSR count). The van der Waals surface area contributed by atoms with Crippen LogP contribution in [0.5, 0.6) is 5.75 Å². The zero-order chi connectivity index (χ0) is 11.3. The molecule has 0 fully saturated rings. The van der Waals surface area contributed by atoms with E-state index in [1.807, 2.05) is 0 Å². The van der Waals surface area contributed by atoms with Gasteiger partial charge < -0.3 is 4.74 Å². The number of carbonyl (C=O) groups excluding carboxylic acids is 1. The lowest BCUT2D eigenvalue weighted by Gasteiger charge is -2.00. The minimum Gasteiger partial charge on any atom is -0.497 e. The number of nitro benzene ring substituents is 1. The van der Waals surface area contributed by atoms with Gasteiger partial charge in [-0.2, -0.15) is 0 Å². The predicted molar refractivity (Wildman–Crippen MR) is 52.6 cm³/mol. The van der Waals surface area contributed by atoms with Gasteiger partial charge >= 0.3 is 0 Å². The number of ether oxygens (including phenoxy) is 1. The molecule has 5 heteroatoms. The van der Waals surface area contributed by atoms with E-state index in [9.17, 15) is 14.9 Å². The molecule has 0 radical (unpaired) electrons. The van der Waals surface area contributed by atoms with Crippen LogP contribution in [0.3, 0.4) is 0 Å². The highest BCUT2D eigenvalue weighted by Gasteiger charge is 2.12. The molecule has 1 aromatic carbocycles. The fraction of sp³-hybridized carbons (Fsp3) is 0.100. The molecule has 0 heterocycles. The minimum absolute atomic E-state index is 0.148. The van der Waals surface area contributed by atoms with E-state index in [4.69, 9.17) is 4.74 Å². The number of nitrogens with zero attached hydrogens (tertiary/aromatic N) is 1. The van der Waals surface area contributed by atoms with Gasteiger partial charge in [-0.25, -0.2) is 0 Å². The van der Waals surface area contributed by atoms with Gasteiger partial charge in [0.15, 0.2) is 6.29 Å². The van der Waals surface area contributed by atoms with Gasteiger partial charge in [-0.05, 0) is 12.0 Å². The third-order valence-electron chi connectivity index (χ3n) is 1.67. The Morgan fingerprint density at radius 1 is 1.53 bits per heavy atom. The molecule has 0 saturated carbocycles. The smallest absolute Gasteiger partial charge is 0.285 e. The van der Waals surface area contributed by atoms with E-state index >= 15 is 0 Å². The first kappa shape index (κ1) is 10.7. The second-order valence-corrected chi connectivity index (χ2v) is 2.53. The van der Waals surface area contributed by atoms with Gasteiger partial charge in [0.1, 0.15) is 11.3 Å². The molecule has 0 N–H and O–H groups in total. The molecular formula is C10H7NO4. The summed E-state index contributed by atoms with van der Waals surface area (Å²) in [6.45, 7) is 0. The van der Waals surface area contributed by atoms with Gasteiger partial charge in [0.05, 0.1) is 12.0 Å². The molecule has 0 aliphatic rings. The van der Waals surface area contributed by atoms with Crippen LogP contribution in [0.2, 0.25) is 0 Å². The summed E-state index contributed by atoms with van der Waals surface area (Å²) in [4.78, 5) is 20.1. The highest BCUT2D eigenvalue weighted by atomic mass is 16.6. The van der Waals surface area contributed by atoms with Crippen molar-refractivity contribution in [1.29, 1.82) is 0 Å². The Morgan fingerprint density at radius 3 is 2.80 bits per heavy atom. The Balaban J connectivity index is 3.28. The van der Waals surface area contributed by atoms with Crippen molar-refractivity contribution < 1.29 is 14.5 Å². The number of benzene rings is 1. The van der Waals surface area contributed by atoms with Gasteiger partial charge in [0.25, 0.3) is 5.69 Å². The number of nitro groups is 1. The molecule has 15 heavy (non-hydrogen) atoms. The second kappa shape index (κ2) is 4.77. The van der Waals surface area contributed by atoms with Crippen LogP contribution in [0.1, 0.15) is 5.56 Å². The number of carbonyl (C=O) groups is 1. The third kappa shape index (κ3) is 2.54. The first-order chi connectivity index (χ1) is 7.19. The van der Waals surface area contributed by atoms with Gasteiger partial charge in [0.2, 0.25) is 0 Å². The molecule has 5 nitrogen and oxygen atoms in total. The molecule has 0 aliphatic carbocycles. The highest BCUT2D eigenvalue weighted by Crippen LogP contribution is 2.22. The van der Waals surface area contributed by atoms with Crippen molar-refractivity contribution in [3.05, 3.63) is 33.9 Å². The Hall–Kier alpha value is -2.35. The SMILES string of the molecule is COc1ccc([N+](=O)[O-])c(C#CC=O)c1. The molecule has 1 aromatic rings. The fourth-order valence-electron chi connectivity index (χ4n) is 1.01. The first-order valence-corrected chi connectivity index (χ1v) is 3.96. The van der Waals surface area contributed by atoms with E-state index in [-0.39, 0.29) is 11.3 Å². The molecule has 0 atom stereocenters. The highest BCUT2D eigenvalue weighted by molar-refractivity contribution is 5.75. The maximum Gasteiger partial charge on any atom is 0.285 e. The van der Waals surface area contributed by atoms with Gasteiger partial charge in [-0.15, -0.1) is 0 Å². The monoisotopic (exact) mass is 205 g/mol. The second-order valence-electron chi connectivity index (χ2n) is 2.53. The molecule has 0 unspecified atom stereocenters. The van der Waals surface area contributed by atoms with Crippen LogP contribution in [-0.2, 0) is 4.79 Å². The lowest BCUT2D eigenvalue weighted by Crippen LogP contribution is -1.93. The summed E-state index contributed by atoms with van der Waals surface area (Å²) in [7, 11) is 1.44. The first-order valence-electron chi connectivity index (χ1n) is 3.96. The van der Waals surface area contributed by atoms with E-state index in [2.05, 4.69) is 11.8 Å². The van der Waals surface area contributed by atoms with Crippen LogP contribution < -0.4 is 4.74 Å². The Kier molecular flexibility index (Phi) is 3.41. The fourth-order valence-corrected chi connectivity index (χ4v) is 1.01. The van der Waals surface area contributed by atoms with Crippen molar-refractivity contribution in [2.75, 3.05) is 7.11 Å². The molecule has 0 saturated heterocycles. The molecule has 0 aromatic heterocycles. The summed E-state index contributed by atoms with van der Waals surface area (Å²) < 4.78 is 4.89. The Labute approximate surface area is 85.8 Å². The average molecular weight is 205 g/mol. The third-order valence-corrected chi connectivity index (χ3v) is 1.67. The molecule has 0 aliphatic heterocycles. The topological polar surface area (TPSA) is 69.4 Å². The van der Waals surface area contributed by atoms with Crippen LogP contribution in [-0.4, -0.2) is 18.3 Å². The number of aldehydes is 1. The van der Waals surface area contributed by atoms with Crippen molar-refractivity contribution in [2.24, 2.45) is 0 Å². The van der Waals surface area contributed by atoms with E-state index in [1.165, 1.54) is 25.3 Å². The van der Waals surface area contributed by atoms with Crippen molar-refractivity contribution in [1.82, 2.24) is 0 Å². The van der Waals surface area contributed by atoms with Crippen LogP contribution in [0, 0.1) is 22.0 Å². The molecule has 0 amide bonds. The Bertz CT molecular complexity index is 456. The zero-order valence-corrected chi connectivity index (χ0v) is 7.89. The molecule has 0 spiro atoms. The number of rotatable bonds is 2. The summed E-state index contributed by atoms with van der Waals surface area (Å²) in [5.41, 5.74) is 0.0107.